The standard InChI is InChI=1S/C66H43NO/c1-4-21-46(22-5-1)65(47-23-6-2-7-24-47)58-31-15-12-27-52(58)54-39-37-50(42-61(54)65)67(49-36-35-44-19-10-11-20-45(44)41-49)51-38-40-55-53-28-13-16-32-59(53)66(62(55)43-51,48-25-8-3-9-26-48)60-33-18-30-57-56-29-14-17-34-63(56)68-64(57)60/h1-43H. The molecule has 68 heavy (non-hydrogen) atoms. The molecule has 1 atom stereocenters. The van der Waals surface area contributed by atoms with Crippen molar-refractivity contribution in [1.82, 2.24) is 0 Å². The molecule has 0 saturated carbocycles. The lowest BCUT2D eigenvalue weighted by molar-refractivity contribution is 0.648. The van der Waals surface area contributed by atoms with Crippen molar-refractivity contribution in [3.8, 4) is 22.3 Å². The van der Waals surface area contributed by atoms with Gasteiger partial charge in [0.2, 0.25) is 0 Å². The van der Waals surface area contributed by atoms with Crippen molar-refractivity contribution in [2.24, 2.45) is 0 Å². The van der Waals surface area contributed by atoms with Gasteiger partial charge in [-0.1, -0.05) is 218 Å². The molecule has 318 valence electrons. The smallest absolute Gasteiger partial charge is 0.140 e. The summed E-state index contributed by atoms with van der Waals surface area (Å²) in [6.07, 6.45) is 0. The molecule has 0 spiro atoms. The SMILES string of the molecule is c1ccc(C2(c3ccccc3)c3ccccc3-c3ccc(N(c4ccc5c(c4)C(c4ccccc4)(c4cccc6c4oc4ccccc46)c4ccccc4-5)c4ccc5ccccc5c4)cc32)cc1. The van der Waals surface area contributed by atoms with Crippen LogP contribution < -0.4 is 4.90 Å². The van der Waals surface area contributed by atoms with Gasteiger partial charge >= 0.3 is 0 Å². The minimum absolute atomic E-state index is 0.549. The van der Waals surface area contributed by atoms with E-state index < -0.39 is 10.8 Å². The molecular weight excluding hydrogens is 823 g/mol. The first-order chi connectivity index (χ1) is 33.7. The second kappa shape index (κ2) is 14.9. The number of furan rings is 1. The van der Waals surface area contributed by atoms with Gasteiger partial charge in [-0.05, 0) is 114 Å². The van der Waals surface area contributed by atoms with Gasteiger partial charge in [-0.3, -0.25) is 0 Å². The molecule has 11 aromatic carbocycles. The molecule has 14 rings (SSSR count). The Balaban J connectivity index is 1.07. The van der Waals surface area contributed by atoms with Crippen LogP contribution in [0.4, 0.5) is 17.1 Å². The summed E-state index contributed by atoms with van der Waals surface area (Å²) in [5.41, 5.74) is 18.6. The van der Waals surface area contributed by atoms with Gasteiger partial charge in [-0.2, -0.15) is 0 Å². The van der Waals surface area contributed by atoms with Crippen molar-refractivity contribution >= 4 is 49.8 Å². The molecule has 0 N–H and O–H groups in total. The summed E-state index contributed by atoms with van der Waals surface area (Å²) in [7, 11) is 0. The molecule has 0 aliphatic heterocycles. The molecule has 1 aromatic heterocycles. The molecule has 0 fully saturated rings. The lowest BCUT2D eigenvalue weighted by Gasteiger charge is -2.36. The lowest BCUT2D eigenvalue weighted by atomic mass is 9.67. The Bertz CT molecular complexity index is 3890. The van der Waals surface area contributed by atoms with Crippen molar-refractivity contribution in [3.05, 3.63) is 305 Å². The summed E-state index contributed by atoms with van der Waals surface area (Å²) in [5, 5.41) is 4.64. The van der Waals surface area contributed by atoms with Crippen LogP contribution in [-0.2, 0) is 10.8 Å². The summed E-state index contributed by atoms with van der Waals surface area (Å²) in [6, 6.07) is 96.3. The normalized spacial score (nSPS) is 15.2. The minimum atomic E-state index is -0.707. The van der Waals surface area contributed by atoms with Crippen molar-refractivity contribution in [1.29, 1.82) is 0 Å². The van der Waals surface area contributed by atoms with Crippen LogP contribution in [0, 0.1) is 0 Å². The second-order valence-corrected chi connectivity index (χ2v) is 18.3. The molecule has 12 aromatic rings. The number of nitrogens with zero attached hydrogens (tertiary/aromatic N) is 1. The largest absolute Gasteiger partial charge is 0.456 e. The maximum absolute atomic E-state index is 6.98. The van der Waals surface area contributed by atoms with E-state index >= 15 is 0 Å². The zero-order chi connectivity index (χ0) is 44.8. The van der Waals surface area contributed by atoms with Crippen LogP contribution in [0.3, 0.4) is 0 Å². The average molecular weight is 866 g/mol. The predicted molar refractivity (Wildman–Crippen MR) is 281 cm³/mol. The van der Waals surface area contributed by atoms with Gasteiger partial charge in [-0.15, -0.1) is 0 Å². The highest BCUT2D eigenvalue weighted by molar-refractivity contribution is 6.07. The third-order valence-electron chi connectivity index (χ3n) is 15.0. The highest BCUT2D eigenvalue weighted by atomic mass is 16.3. The second-order valence-electron chi connectivity index (χ2n) is 18.3. The van der Waals surface area contributed by atoms with Crippen molar-refractivity contribution in [2.45, 2.75) is 10.8 Å². The van der Waals surface area contributed by atoms with Gasteiger partial charge in [-0.25, -0.2) is 0 Å². The topological polar surface area (TPSA) is 16.4 Å². The van der Waals surface area contributed by atoms with Crippen LogP contribution in [0.15, 0.2) is 265 Å². The molecule has 0 bridgehead atoms. The number of hydrogen-bond donors (Lipinski definition) is 0. The number of fused-ring (bicyclic) bond motifs is 10. The molecule has 0 amide bonds. The number of rotatable bonds is 7. The maximum atomic E-state index is 6.98. The molecule has 2 heteroatoms. The zero-order valence-corrected chi connectivity index (χ0v) is 37.2. The van der Waals surface area contributed by atoms with Crippen molar-refractivity contribution < 1.29 is 4.42 Å². The van der Waals surface area contributed by atoms with Crippen LogP contribution >= 0.6 is 0 Å². The van der Waals surface area contributed by atoms with E-state index in [1.165, 1.54) is 72.0 Å². The summed E-state index contributed by atoms with van der Waals surface area (Å²) >= 11 is 0. The van der Waals surface area contributed by atoms with Crippen molar-refractivity contribution in [3.63, 3.8) is 0 Å². The fraction of sp³-hybridized carbons (Fsp3) is 0.0303. The molecule has 2 aliphatic carbocycles. The van der Waals surface area contributed by atoms with E-state index in [-0.39, 0.29) is 0 Å². The Hall–Kier alpha value is -8.72. The summed E-state index contributed by atoms with van der Waals surface area (Å²) in [5.74, 6) is 0. The Morgan fingerprint density at radius 2 is 0.721 bits per heavy atom. The van der Waals surface area contributed by atoms with Crippen LogP contribution in [0.25, 0.3) is 55.0 Å². The van der Waals surface area contributed by atoms with Crippen LogP contribution in [0.1, 0.15) is 44.5 Å². The Morgan fingerprint density at radius 3 is 1.37 bits per heavy atom. The number of hydrogen-bond acceptors (Lipinski definition) is 2. The highest BCUT2D eigenvalue weighted by Gasteiger charge is 2.49. The van der Waals surface area contributed by atoms with E-state index in [1.54, 1.807) is 0 Å². The Morgan fingerprint density at radius 1 is 0.279 bits per heavy atom. The van der Waals surface area contributed by atoms with Gasteiger partial charge in [0.25, 0.3) is 0 Å². The first kappa shape index (κ1) is 38.5. The first-order valence-electron chi connectivity index (χ1n) is 23.6. The fourth-order valence-corrected chi connectivity index (χ4v) is 12.2. The lowest BCUT2D eigenvalue weighted by Crippen LogP contribution is -2.29. The van der Waals surface area contributed by atoms with Crippen LogP contribution in [-0.4, -0.2) is 0 Å². The number of benzene rings is 11. The molecule has 1 heterocycles. The third kappa shape index (κ3) is 5.34. The van der Waals surface area contributed by atoms with Crippen LogP contribution in [0.5, 0.6) is 0 Å². The monoisotopic (exact) mass is 865 g/mol. The van der Waals surface area contributed by atoms with E-state index in [0.717, 1.165) is 44.6 Å². The summed E-state index contributed by atoms with van der Waals surface area (Å²) in [4.78, 5) is 2.48. The van der Waals surface area contributed by atoms with E-state index in [4.69, 9.17) is 4.42 Å². The van der Waals surface area contributed by atoms with Gasteiger partial charge in [0, 0.05) is 33.4 Å². The number of para-hydroxylation sites is 2. The molecule has 0 saturated heterocycles. The third-order valence-corrected chi connectivity index (χ3v) is 15.0. The van der Waals surface area contributed by atoms with Gasteiger partial charge in [0.15, 0.2) is 0 Å². The summed E-state index contributed by atoms with van der Waals surface area (Å²) < 4.78 is 6.98. The Labute approximate surface area is 395 Å². The summed E-state index contributed by atoms with van der Waals surface area (Å²) in [6.45, 7) is 0. The first-order valence-corrected chi connectivity index (χ1v) is 23.6. The van der Waals surface area contributed by atoms with E-state index in [9.17, 15) is 0 Å². The predicted octanol–water partition coefficient (Wildman–Crippen LogP) is 16.9. The highest BCUT2D eigenvalue weighted by Crippen LogP contribution is 2.60. The van der Waals surface area contributed by atoms with Gasteiger partial charge in [0.1, 0.15) is 11.2 Å². The Kier molecular flexibility index (Phi) is 8.45. The van der Waals surface area contributed by atoms with Crippen molar-refractivity contribution in [2.75, 3.05) is 4.90 Å². The zero-order valence-electron chi connectivity index (χ0n) is 37.2. The minimum Gasteiger partial charge on any atom is -0.456 e. The average Bonchev–Trinajstić information content (AvgIpc) is 4.04. The molecule has 2 aliphatic rings. The number of anilines is 3. The molecular formula is C66H43NO. The van der Waals surface area contributed by atoms with Gasteiger partial charge in [0.05, 0.1) is 10.8 Å². The van der Waals surface area contributed by atoms with E-state index in [0.29, 0.717) is 0 Å². The molecule has 1 unspecified atom stereocenters. The molecule has 2 nitrogen and oxygen atoms in total. The maximum Gasteiger partial charge on any atom is 0.140 e. The van der Waals surface area contributed by atoms with E-state index in [2.05, 4.69) is 266 Å². The quantitative estimate of drug-likeness (QED) is 0.159. The van der Waals surface area contributed by atoms with Crippen LogP contribution in [0.2, 0.25) is 0 Å². The fourth-order valence-electron chi connectivity index (χ4n) is 12.2. The molecule has 0 radical (unpaired) electrons. The van der Waals surface area contributed by atoms with Gasteiger partial charge < -0.3 is 9.32 Å². The van der Waals surface area contributed by atoms with E-state index in [1.807, 2.05) is 0 Å².